The number of rotatable bonds is 4. The van der Waals surface area contributed by atoms with Crippen molar-refractivity contribution in [2.24, 2.45) is 10.2 Å². The molecule has 0 saturated carbocycles. The fourth-order valence-electron chi connectivity index (χ4n) is 1.94. The van der Waals surface area contributed by atoms with E-state index in [1.54, 1.807) is 0 Å². The Hall–Kier alpha value is -2.34. The lowest BCUT2D eigenvalue weighted by atomic mass is 10.1. The summed E-state index contributed by atoms with van der Waals surface area (Å²) in [6.07, 6.45) is -2.80. The molecule has 144 valence electrons. The zero-order valence-corrected chi connectivity index (χ0v) is 16.2. The minimum Gasteiger partial charge on any atom is -0.495 e. The monoisotopic (exact) mass is 465 g/mol. The summed E-state index contributed by atoms with van der Waals surface area (Å²) in [6, 6.07) is 2.09. The number of hydrogen-bond acceptors (Lipinski definition) is 7. The van der Waals surface area contributed by atoms with Gasteiger partial charge in [-0.15, -0.1) is 5.10 Å². The van der Waals surface area contributed by atoms with E-state index in [0.717, 1.165) is 37.2 Å². The lowest BCUT2D eigenvalue weighted by Gasteiger charge is -2.14. The molecule has 1 aromatic carbocycles. The number of hydrogen-bond donors (Lipinski definition) is 1. The maximum Gasteiger partial charge on any atom is 0.417 e. The third-order valence-electron chi connectivity index (χ3n) is 3.09. The van der Waals surface area contributed by atoms with Crippen molar-refractivity contribution in [2.75, 3.05) is 14.2 Å². The van der Waals surface area contributed by atoms with E-state index in [9.17, 15) is 22.8 Å². The molecule has 1 heterocycles. The highest BCUT2D eigenvalue weighted by molar-refractivity contribution is 9.10. The van der Waals surface area contributed by atoms with Gasteiger partial charge in [0.25, 0.3) is 5.91 Å². The molecule has 27 heavy (non-hydrogen) atoms. The molecular formula is C15H11BrF3N3O4S. The number of esters is 1. The van der Waals surface area contributed by atoms with Crippen molar-refractivity contribution in [3.05, 3.63) is 38.7 Å². The molecule has 1 N–H and O–H groups in total. The number of amides is 1. The normalized spacial score (nSPS) is 17.6. The Labute approximate surface area is 163 Å². The third-order valence-corrected chi connectivity index (χ3v) is 4.62. The molecule has 0 aliphatic carbocycles. The van der Waals surface area contributed by atoms with E-state index in [1.165, 1.54) is 13.2 Å². The fraction of sp³-hybridized carbons (Fsp3) is 0.200. The summed E-state index contributed by atoms with van der Waals surface area (Å²) in [5.41, 5.74) is -1.29. The van der Waals surface area contributed by atoms with Gasteiger partial charge in [-0.2, -0.15) is 18.3 Å². The minimum absolute atomic E-state index is 0.00562. The minimum atomic E-state index is -4.63. The van der Waals surface area contributed by atoms with Crippen LogP contribution >= 0.6 is 27.7 Å². The average Bonchev–Trinajstić information content (AvgIpc) is 2.93. The zero-order valence-electron chi connectivity index (χ0n) is 13.8. The molecule has 1 amide bonds. The predicted octanol–water partition coefficient (Wildman–Crippen LogP) is 3.09. The number of nitrogens with one attached hydrogen (secondary N) is 1. The Morgan fingerprint density at radius 3 is 2.63 bits per heavy atom. The number of benzene rings is 1. The molecule has 0 radical (unpaired) electrons. The van der Waals surface area contributed by atoms with Crippen LogP contribution in [0.5, 0.6) is 5.75 Å². The van der Waals surface area contributed by atoms with Crippen molar-refractivity contribution in [2.45, 2.75) is 6.18 Å². The first kappa shape index (κ1) is 21.0. The van der Waals surface area contributed by atoms with Gasteiger partial charge in [0.15, 0.2) is 5.17 Å². The molecule has 7 nitrogen and oxygen atoms in total. The first-order valence-corrected chi connectivity index (χ1v) is 8.62. The maximum atomic E-state index is 13.2. The highest BCUT2D eigenvalue weighted by atomic mass is 79.9. The second kappa shape index (κ2) is 8.57. The van der Waals surface area contributed by atoms with Gasteiger partial charge in [0.1, 0.15) is 5.75 Å². The molecule has 2 rings (SSSR count). The van der Waals surface area contributed by atoms with Crippen LogP contribution in [0, 0.1) is 0 Å². The van der Waals surface area contributed by atoms with Gasteiger partial charge < -0.3 is 9.47 Å². The van der Waals surface area contributed by atoms with Crippen LogP contribution in [0.4, 0.5) is 13.2 Å². The molecule has 1 aliphatic heterocycles. The quantitative estimate of drug-likeness (QED) is 0.319. The molecule has 1 saturated heterocycles. The average molecular weight is 466 g/mol. The number of nitrogens with zero attached hydrogens (tertiary/aromatic N) is 2. The summed E-state index contributed by atoms with van der Waals surface area (Å²) in [5.74, 6) is -1.40. The molecule has 0 aromatic heterocycles. The molecule has 0 atom stereocenters. The van der Waals surface area contributed by atoms with E-state index >= 15 is 0 Å². The number of ether oxygens (including phenoxy) is 2. The van der Waals surface area contributed by atoms with Gasteiger partial charge in [0.05, 0.1) is 40.9 Å². The van der Waals surface area contributed by atoms with E-state index in [4.69, 9.17) is 4.74 Å². The van der Waals surface area contributed by atoms with Crippen molar-refractivity contribution in [1.82, 2.24) is 5.32 Å². The molecule has 1 fully saturated rings. The van der Waals surface area contributed by atoms with Crippen molar-refractivity contribution >= 4 is 51.0 Å². The Morgan fingerprint density at radius 2 is 2.04 bits per heavy atom. The van der Waals surface area contributed by atoms with Crippen LogP contribution in [-0.2, 0) is 20.5 Å². The molecule has 1 aromatic rings. The Morgan fingerprint density at radius 1 is 1.33 bits per heavy atom. The van der Waals surface area contributed by atoms with Crippen LogP contribution in [0.3, 0.4) is 0 Å². The maximum absolute atomic E-state index is 13.2. The third kappa shape index (κ3) is 5.10. The van der Waals surface area contributed by atoms with Crippen molar-refractivity contribution in [3.8, 4) is 5.75 Å². The highest BCUT2D eigenvalue weighted by Crippen LogP contribution is 2.38. The van der Waals surface area contributed by atoms with Gasteiger partial charge in [-0.05, 0) is 39.8 Å². The summed E-state index contributed by atoms with van der Waals surface area (Å²) in [4.78, 5) is 22.9. The fourth-order valence-corrected chi connectivity index (χ4v) is 3.18. The van der Waals surface area contributed by atoms with Gasteiger partial charge >= 0.3 is 12.1 Å². The van der Waals surface area contributed by atoms with E-state index in [1.807, 2.05) is 0 Å². The lowest BCUT2D eigenvalue weighted by Crippen LogP contribution is -2.19. The highest BCUT2D eigenvalue weighted by Gasteiger charge is 2.35. The largest absolute Gasteiger partial charge is 0.495 e. The smallest absolute Gasteiger partial charge is 0.417 e. The molecule has 1 aliphatic rings. The number of thioether (sulfide) groups is 1. The van der Waals surface area contributed by atoms with Crippen LogP contribution in [0.1, 0.15) is 11.1 Å². The van der Waals surface area contributed by atoms with E-state index in [2.05, 4.69) is 36.2 Å². The van der Waals surface area contributed by atoms with E-state index < -0.39 is 23.6 Å². The summed E-state index contributed by atoms with van der Waals surface area (Å²) >= 11 is 3.90. The molecule has 0 bridgehead atoms. The Balaban J connectivity index is 2.33. The SMILES string of the molecule is COC(=O)/C=C1/S/C(=N\N=Cc2c(C(F)(F)F)ccc(Br)c2OC)NC1=O. The Kier molecular flexibility index (Phi) is 6.65. The van der Waals surface area contributed by atoms with E-state index in [0.29, 0.717) is 4.47 Å². The number of carbonyl (C=O) groups excluding carboxylic acids is 2. The summed E-state index contributed by atoms with van der Waals surface area (Å²) in [7, 11) is 2.38. The van der Waals surface area contributed by atoms with Crippen molar-refractivity contribution in [1.29, 1.82) is 0 Å². The number of carbonyl (C=O) groups is 2. The molecular weight excluding hydrogens is 455 g/mol. The van der Waals surface area contributed by atoms with Crippen LogP contribution in [-0.4, -0.2) is 37.5 Å². The lowest BCUT2D eigenvalue weighted by molar-refractivity contribution is -0.138. The summed E-state index contributed by atoms with van der Waals surface area (Å²) in [6.45, 7) is 0. The topological polar surface area (TPSA) is 89.3 Å². The number of methoxy groups -OCH3 is 2. The number of amidine groups is 1. The first-order chi connectivity index (χ1) is 12.7. The Bertz CT molecular complexity index is 869. The van der Waals surface area contributed by atoms with Gasteiger partial charge in [-0.1, -0.05) is 0 Å². The first-order valence-electron chi connectivity index (χ1n) is 7.01. The molecule has 12 heteroatoms. The van der Waals surface area contributed by atoms with Gasteiger partial charge in [0.2, 0.25) is 0 Å². The predicted molar refractivity (Wildman–Crippen MR) is 96.6 cm³/mol. The number of halogens is 4. The van der Waals surface area contributed by atoms with Crippen molar-refractivity contribution < 1.29 is 32.2 Å². The summed E-state index contributed by atoms with van der Waals surface area (Å²) in [5, 5.41) is 9.59. The number of alkyl halides is 3. The van der Waals surface area contributed by atoms with Gasteiger partial charge in [0, 0.05) is 6.08 Å². The second-order valence-corrected chi connectivity index (χ2v) is 6.66. The van der Waals surface area contributed by atoms with Crippen LogP contribution < -0.4 is 10.1 Å². The second-order valence-electron chi connectivity index (χ2n) is 4.78. The van der Waals surface area contributed by atoms with Gasteiger partial charge in [-0.25, -0.2) is 4.79 Å². The molecule has 0 unspecified atom stereocenters. The summed E-state index contributed by atoms with van der Waals surface area (Å²) < 4.78 is 49.3. The van der Waals surface area contributed by atoms with Crippen LogP contribution in [0.15, 0.2) is 37.8 Å². The molecule has 0 spiro atoms. The van der Waals surface area contributed by atoms with Crippen LogP contribution in [0.2, 0.25) is 0 Å². The van der Waals surface area contributed by atoms with Crippen molar-refractivity contribution in [3.63, 3.8) is 0 Å². The van der Waals surface area contributed by atoms with Gasteiger partial charge in [-0.3, -0.25) is 10.1 Å². The van der Waals surface area contributed by atoms with E-state index in [-0.39, 0.29) is 21.4 Å². The zero-order chi connectivity index (χ0) is 20.2. The van der Waals surface area contributed by atoms with Crippen LogP contribution in [0.25, 0.3) is 0 Å². The standard InChI is InChI=1S/C15H11BrF3N3O4S/c1-25-11(23)5-10-13(24)21-14(27-10)22-20-6-7-8(15(17,18)19)3-4-9(16)12(7)26-2/h3-6H,1-2H3,(H,21,22,24)/b10-5+,20-6?.